The zero-order valence-electron chi connectivity index (χ0n) is 12.3. The van der Waals surface area contributed by atoms with Crippen molar-refractivity contribution in [2.24, 2.45) is 5.92 Å². The highest BCUT2D eigenvalue weighted by atomic mass is 16.7. The van der Waals surface area contributed by atoms with E-state index in [1.165, 1.54) is 0 Å². The summed E-state index contributed by atoms with van der Waals surface area (Å²) in [5.41, 5.74) is 1.73. The summed E-state index contributed by atoms with van der Waals surface area (Å²) >= 11 is 0. The molecule has 0 radical (unpaired) electrons. The minimum Gasteiger partial charge on any atom is -0.346 e. The molecule has 2 aliphatic rings. The van der Waals surface area contributed by atoms with Crippen LogP contribution in [0.2, 0.25) is 0 Å². The van der Waals surface area contributed by atoms with Crippen molar-refractivity contribution >= 4 is 11.6 Å². The van der Waals surface area contributed by atoms with Gasteiger partial charge in [0.1, 0.15) is 0 Å². The van der Waals surface area contributed by atoms with Gasteiger partial charge in [0.2, 0.25) is 5.91 Å². The van der Waals surface area contributed by atoms with E-state index in [-0.39, 0.29) is 18.2 Å². The summed E-state index contributed by atoms with van der Waals surface area (Å²) in [7, 11) is 0. The Bertz CT molecular complexity index is 500. The van der Waals surface area contributed by atoms with E-state index in [0.717, 1.165) is 30.6 Å². The van der Waals surface area contributed by atoms with Crippen LogP contribution < -0.4 is 10.6 Å². The molecule has 2 N–H and O–H groups in total. The number of hydrogen-bond acceptors (Lipinski definition) is 4. The average molecular weight is 290 g/mol. The summed E-state index contributed by atoms with van der Waals surface area (Å²) in [6.45, 7) is 4.33. The van der Waals surface area contributed by atoms with Gasteiger partial charge in [0, 0.05) is 11.3 Å². The molecule has 1 aromatic carbocycles. The summed E-state index contributed by atoms with van der Waals surface area (Å²) in [5.74, 6) is 0.626. The Morgan fingerprint density at radius 1 is 1.33 bits per heavy atom. The summed E-state index contributed by atoms with van der Waals surface area (Å²) in [6, 6.07) is 7.57. The molecule has 21 heavy (non-hydrogen) atoms. The fraction of sp³-hybridized carbons (Fsp3) is 0.562. The van der Waals surface area contributed by atoms with Gasteiger partial charge in [0.05, 0.1) is 19.3 Å². The fourth-order valence-corrected chi connectivity index (χ4v) is 2.85. The van der Waals surface area contributed by atoms with Gasteiger partial charge in [-0.3, -0.25) is 4.79 Å². The summed E-state index contributed by atoms with van der Waals surface area (Å²) in [6.07, 6.45) is 1.71. The zero-order valence-corrected chi connectivity index (χ0v) is 12.3. The topological polar surface area (TPSA) is 59.6 Å². The van der Waals surface area contributed by atoms with Gasteiger partial charge in [0.15, 0.2) is 6.29 Å². The molecule has 0 aromatic heterocycles. The molecule has 1 amide bonds. The van der Waals surface area contributed by atoms with Crippen LogP contribution in [0, 0.1) is 5.92 Å². The van der Waals surface area contributed by atoms with E-state index in [4.69, 9.17) is 9.47 Å². The molecule has 2 heterocycles. The number of carbonyl (C=O) groups excluding carboxylic acids is 1. The first-order valence-electron chi connectivity index (χ1n) is 7.60. The largest absolute Gasteiger partial charge is 0.346 e. The number of benzene rings is 1. The second-order valence-corrected chi connectivity index (χ2v) is 5.82. The number of hydrogen-bond donors (Lipinski definition) is 2. The molecule has 2 atom stereocenters. The van der Waals surface area contributed by atoms with Crippen LogP contribution in [0.5, 0.6) is 0 Å². The van der Waals surface area contributed by atoms with E-state index in [2.05, 4.69) is 17.6 Å². The molecule has 5 heteroatoms. The van der Waals surface area contributed by atoms with Crippen molar-refractivity contribution < 1.29 is 14.3 Å². The van der Waals surface area contributed by atoms with Gasteiger partial charge in [-0.1, -0.05) is 19.1 Å². The third-order valence-electron chi connectivity index (χ3n) is 4.03. The van der Waals surface area contributed by atoms with Crippen LogP contribution >= 0.6 is 0 Å². The SMILES string of the molecule is CC1CCNC(C(=O)Nc2cccc(C3OCCO3)c2)C1. The van der Waals surface area contributed by atoms with Crippen molar-refractivity contribution in [2.75, 3.05) is 25.1 Å². The zero-order chi connectivity index (χ0) is 14.7. The van der Waals surface area contributed by atoms with Crippen LogP contribution in [0.3, 0.4) is 0 Å². The van der Waals surface area contributed by atoms with E-state index in [1.807, 2.05) is 24.3 Å². The Morgan fingerprint density at radius 3 is 2.90 bits per heavy atom. The predicted octanol–water partition coefficient (Wildman–Crippen LogP) is 2.06. The Kier molecular flexibility index (Phi) is 4.53. The van der Waals surface area contributed by atoms with Crippen LogP contribution in [-0.2, 0) is 14.3 Å². The van der Waals surface area contributed by atoms with E-state index in [0.29, 0.717) is 19.1 Å². The Hall–Kier alpha value is -1.43. The highest BCUT2D eigenvalue weighted by Gasteiger charge is 2.25. The molecule has 2 aliphatic heterocycles. The molecule has 5 nitrogen and oxygen atoms in total. The maximum Gasteiger partial charge on any atom is 0.241 e. The van der Waals surface area contributed by atoms with Crippen LogP contribution in [0.15, 0.2) is 24.3 Å². The van der Waals surface area contributed by atoms with Gasteiger partial charge >= 0.3 is 0 Å². The molecule has 114 valence electrons. The number of piperidine rings is 1. The lowest BCUT2D eigenvalue weighted by Crippen LogP contribution is -2.45. The number of amides is 1. The Morgan fingerprint density at radius 2 is 2.14 bits per heavy atom. The van der Waals surface area contributed by atoms with Gasteiger partial charge in [-0.15, -0.1) is 0 Å². The van der Waals surface area contributed by atoms with Crippen molar-refractivity contribution in [3.63, 3.8) is 0 Å². The highest BCUT2D eigenvalue weighted by molar-refractivity contribution is 5.95. The molecule has 0 saturated carbocycles. The Labute approximate surface area is 125 Å². The first-order chi connectivity index (χ1) is 10.2. The van der Waals surface area contributed by atoms with Gasteiger partial charge in [0.25, 0.3) is 0 Å². The van der Waals surface area contributed by atoms with Crippen LogP contribution in [0.25, 0.3) is 0 Å². The van der Waals surface area contributed by atoms with Crippen molar-refractivity contribution in [1.82, 2.24) is 5.32 Å². The lowest BCUT2D eigenvalue weighted by molar-refractivity contribution is -0.119. The lowest BCUT2D eigenvalue weighted by Gasteiger charge is -2.27. The smallest absolute Gasteiger partial charge is 0.241 e. The van der Waals surface area contributed by atoms with Crippen LogP contribution in [0.1, 0.15) is 31.6 Å². The molecule has 3 rings (SSSR count). The highest BCUT2D eigenvalue weighted by Crippen LogP contribution is 2.25. The van der Waals surface area contributed by atoms with Crippen LogP contribution in [0.4, 0.5) is 5.69 Å². The standard InChI is InChI=1S/C16H22N2O3/c1-11-5-6-17-14(9-11)15(19)18-13-4-2-3-12(10-13)16-20-7-8-21-16/h2-4,10-11,14,16-17H,5-9H2,1H3,(H,18,19). The lowest BCUT2D eigenvalue weighted by atomic mass is 9.94. The van der Waals surface area contributed by atoms with E-state index in [1.54, 1.807) is 0 Å². The molecule has 0 aliphatic carbocycles. The van der Waals surface area contributed by atoms with Crippen molar-refractivity contribution in [2.45, 2.75) is 32.1 Å². The van der Waals surface area contributed by atoms with E-state index >= 15 is 0 Å². The molecule has 2 unspecified atom stereocenters. The van der Waals surface area contributed by atoms with Crippen molar-refractivity contribution in [1.29, 1.82) is 0 Å². The second kappa shape index (κ2) is 6.56. The minimum atomic E-state index is -0.310. The first kappa shape index (κ1) is 14.5. The molecule has 2 fully saturated rings. The number of carbonyl (C=O) groups is 1. The van der Waals surface area contributed by atoms with Gasteiger partial charge in [-0.2, -0.15) is 0 Å². The molecule has 0 bridgehead atoms. The van der Waals surface area contributed by atoms with E-state index < -0.39 is 0 Å². The molecule has 0 spiro atoms. The quantitative estimate of drug-likeness (QED) is 0.894. The van der Waals surface area contributed by atoms with E-state index in [9.17, 15) is 4.79 Å². The fourth-order valence-electron chi connectivity index (χ4n) is 2.85. The number of anilines is 1. The van der Waals surface area contributed by atoms with Gasteiger partial charge in [-0.05, 0) is 37.4 Å². The Balaban J connectivity index is 1.64. The average Bonchev–Trinajstić information content (AvgIpc) is 3.02. The number of rotatable bonds is 3. The number of ether oxygens (including phenoxy) is 2. The molecule has 1 aromatic rings. The molecule has 2 saturated heterocycles. The summed E-state index contributed by atoms with van der Waals surface area (Å²) in [4.78, 5) is 12.3. The van der Waals surface area contributed by atoms with Crippen LogP contribution in [-0.4, -0.2) is 31.7 Å². The predicted molar refractivity (Wildman–Crippen MR) is 79.9 cm³/mol. The monoisotopic (exact) mass is 290 g/mol. The maximum absolute atomic E-state index is 12.3. The maximum atomic E-state index is 12.3. The van der Waals surface area contributed by atoms with Gasteiger partial charge in [-0.25, -0.2) is 0 Å². The van der Waals surface area contributed by atoms with Gasteiger partial charge < -0.3 is 20.1 Å². The second-order valence-electron chi connectivity index (χ2n) is 5.82. The molecular formula is C16H22N2O3. The summed E-state index contributed by atoms with van der Waals surface area (Å²) < 4.78 is 11.0. The number of nitrogens with one attached hydrogen (secondary N) is 2. The van der Waals surface area contributed by atoms with Crippen molar-refractivity contribution in [3.8, 4) is 0 Å². The van der Waals surface area contributed by atoms with Crippen molar-refractivity contribution in [3.05, 3.63) is 29.8 Å². The third-order valence-corrected chi connectivity index (χ3v) is 4.03. The minimum absolute atomic E-state index is 0.0342. The normalized spacial score (nSPS) is 26.7. The third kappa shape index (κ3) is 3.61. The molecular weight excluding hydrogens is 268 g/mol. The first-order valence-corrected chi connectivity index (χ1v) is 7.60. The summed E-state index contributed by atoms with van der Waals surface area (Å²) in [5, 5.41) is 6.26.